The number of carboxylic acid groups (broad SMARTS) is 1. The molecule has 6 atom stereocenters. The molecule has 12 heterocycles. The average Bonchev–Trinajstić information content (AvgIpc) is 1.68. The highest BCUT2D eigenvalue weighted by Crippen LogP contribution is 2.43. The number of pyridine rings is 3. The number of halogens is 5. The molecule has 105 heavy (non-hydrogen) atoms. The molecule has 6 aliphatic heterocycles. The molecule has 28 heteroatoms. The third kappa shape index (κ3) is 16.3. The molecule has 0 radical (unpaired) electrons. The first-order chi connectivity index (χ1) is 50.2. The Morgan fingerprint density at radius 3 is 1.66 bits per heavy atom. The number of carbonyl (C=O) groups is 2. The molecule has 558 valence electrons. The molecule has 1 amide bonds. The average molecular weight is 1510 g/mol. The lowest BCUT2D eigenvalue weighted by Crippen LogP contribution is -2.45. The van der Waals surface area contributed by atoms with Crippen LogP contribution in [0.25, 0.3) is 72.4 Å². The quantitative estimate of drug-likeness (QED) is 0.0473. The SMILES string of the molecule is C.CC(C)(C(=O)O)C1CCC(Oc2cc3nc(-c4ccc(C5=CCN(C(=O)CO)CC5)cc4)c(Cl)cc3[nH]2)CC1.C[C@]12OC[C@@H](Oc3cc4nc(-c5c(F)cc(N6CCOCC6)cc5F)c(Cl)cc4[nH]3)[C@H]1OC[C@H]2O.OC[C@@H]1C[C@H](Oc2cc3nc(-c4ccc(N5CCOCC5)cc4)c(Cl)cc3[nH]2)CO1. The highest BCUT2D eigenvalue weighted by Gasteiger charge is 2.58. The number of hydrogen-bond acceptors (Lipinski definition) is 18. The topological polar surface area (TPSA) is 285 Å². The summed E-state index contributed by atoms with van der Waals surface area (Å²) in [5.74, 6) is -0.690. The van der Waals surface area contributed by atoms with Gasteiger partial charge in [-0.2, -0.15) is 0 Å². The number of carboxylic acids is 1. The minimum Gasteiger partial charge on any atom is -0.481 e. The summed E-state index contributed by atoms with van der Waals surface area (Å²) in [6, 6.07) is 29.7. The number of morpholine rings is 2. The van der Waals surface area contributed by atoms with Crippen LogP contribution in [0, 0.1) is 23.0 Å². The number of nitrogens with one attached hydrogen (secondary N) is 3. The third-order valence-corrected chi connectivity index (χ3v) is 21.8. The molecular formula is C77H86Cl3F2N9O14. The minimum atomic E-state index is -0.826. The predicted molar refractivity (Wildman–Crippen MR) is 397 cm³/mol. The van der Waals surface area contributed by atoms with Crippen molar-refractivity contribution < 1.29 is 76.7 Å². The highest BCUT2D eigenvalue weighted by molar-refractivity contribution is 6.34. The van der Waals surface area contributed by atoms with E-state index in [0.717, 1.165) is 103 Å². The molecule has 0 bridgehead atoms. The molecule has 9 aromatic rings. The maximum atomic E-state index is 15.1. The number of aliphatic hydroxyl groups is 3. The number of aliphatic carboxylic acids is 1. The third-order valence-electron chi connectivity index (χ3n) is 20.9. The van der Waals surface area contributed by atoms with E-state index in [0.29, 0.717) is 103 Å². The summed E-state index contributed by atoms with van der Waals surface area (Å²) in [7, 11) is 0. The van der Waals surface area contributed by atoms with E-state index in [1.165, 1.54) is 23.4 Å². The number of rotatable bonds is 16. The first-order valence-electron chi connectivity index (χ1n) is 35.1. The summed E-state index contributed by atoms with van der Waals surface area (Å²) >= 11 is 19.6. The van der Waals surface area contributed by atoms with E-state index < -0.39 is 53.5 Å². The number of carbonyl (C=O) groups excluding carboxylic acids is 1. The number of aromatic nitrogens is 6. The van der Waals surface area contributed by atoms with Gasteiger partial charge in [0.15, 0.2) is 23.7 Å². The van der Waals surface area contributed by atoms with Crippen molar-refractivity contribution in [3.63, 3.8) is 0 Å². The van der Waals surface area contributed by atoms with Crippen LogP contribution >= 0.6 is 34.8 Å². The lowest BCUT2D eigenvalue weighted by Gasteiger charge is -2.36. The van der Waals surface area contributed by atoms with Crippen molar-refractivity contribution in [2.75, 3.05) is 109 Å². The van der Waals surface area contributed by atoms with Gasteiger partial charge in [-0.1, -0.05) is 84.7 Å². The molecule has 1 aliphatic carbocycles. The summed E-state index contributed by atoms with van der Waals surface area (Å²) in [5.41, 5.74) is 9.52. The zero-order chi connectivity index (χ0) is 72.6. The van der Waals surface area contributed by atoms with Gasteiger partial charge < -0.3 is 88.0 Å². The molecule has 5 saturated heterocycles. The molecule has 3 aromatic carbocycles. The van der Waals surface area contributed by atoms with Gasteiger partial charge >= 0.3 is 5.97 Å². The maximum Gasteiger partial charge on any atom is 0.309 e. The lowest BCUT2D eigenvalue weighted by atomic mass is 9.70. The number of aliphatic hydroxyl groups excluding tert-OH is 3. The van der Waals surface area contributed by atoms with Gasteiger partial charge in [-0.25, -0.2) is 23.7 Å². The van der Waals surface area contributed by atoms with Crippen LogP contribution in [0.5, 0.6) is 17.6 Å². The second kappa shape index (κ2) is 32.1. The second-order valence-electron chi connectivity index (χ2n) is 27.9. The van der Waals surface area contributed by atoms with Crippen molar-refractivity contribution in [1.29, 1.82) is 0 Å². The van der Waals surface area contributed by atoms with Crippen LogP contribution in [-0.2, 0) is 33.3 Å². The fourth-order valence-corrected chi connectivity index (χ4v) is 15.4. The van der Waals surface area contributed by atoms with Crippen molar-refractivity contribution in [2.24, 2.45) is 11.3 Å². The summed E-state index contributed by atoms with van der Waals surface area (Å²) in [6.45, 7) is 12.4. The van der Waals surface area contributed by atoms with E-state index in [1.807, 2.05) is 73.4 Å². The molecule has 7 N–H and O–H groups in total. The van der Waals surface area contributed by atoms with Crippen LogP contribution in [0.2, 0.25) is 15.1 Å². The Morgan fingerprint density at radius 2 is 1.14 bits per heavy atom. The van der Waals surface area contributed by atoms with E-state index in [1.54, 1.807) is 24.0 Å². The first-order valence-corrected chi connectivity index (χ1v) is 36.2. The van der Waals surface area contributed by atoms with Gasteiger partial charge in [-0.15, -0.1) is 0 Å². The van der Waals surface area contributed by atoms with Gasteiger partial charge in [0, 0.05) is 86.4 Å². The number of ether oxygens (including phenoxy) is 8. The normalized spacial score (nSPS) is 23.3. The van der Waals surface area contributed by atoms with Crippen LogP contribution in [-0.4, -0.2) is 208 Å². The number of benzene rings is 3. The standard InChI is InChI=1S/C30H34ClN3O5.C24H24ClF2N3O5.C22H24ClN3O4.CH4/c1-30(2,29(37)38)21-7-9-22(10-8-21)39-26-16-25-24(32-26)15-23(31)28(33-25)20-5-3-18(4-6-20)19-11-13-34(14-12-19)27(36)17-35;1-24-19(31)11-33-23(24)18(10-34-24)35-20-9-17-16(28-20)8-13(25)22(29-17)21-14(26)6-12(7-15(21)27)30-2-4-32-5-3-30;23-18-10-19-20(11-21(24-19)30-17-9-16(12-27)29-13-17)25-22(18)14-1-3-15(4-2-14)26-5-7-28-8-6-26;/h3-6,11,15-16,21-22,32,35H,7-10,12-14,17H2,1-2H3,(H,37,38);6-9,18-19,23,28,31H,2-5,10-11H2,1H3;1-4,10-11,16-17,24,27H,5-9,12-13H2;1H4/t;18-,19-,23-,24-;16-,17-;/m.10./s1. The molecule has 6 aromatic heterocycles. The van der Waals surface area contributed by atoms with Gasteiger partial charge in [-0.3, -0.25) is 9.59 Å². The molecule has 1 saturated carbocycles. The van der Waals surface area contributed by atoms with Crippen LogP contribution in [0.15, 0.2) is 103 Å². The van der Waals surface area contributed by atoms with E-state index in [9.17, 15) is 24.9 Å². The Labute approximate surface area is 620 Å². The van der Waals surface area contributed by atoms with Crippen molar-refractivity contribution >= 4 is 96.7 Å². The summed E-state index contributed by atoms with van der Waals surface area (Å²) in [6.07, 6.45) is 4.91. The lowest BCUT2D eigenvalue weighted by molar-refractivity contribution is -0.151. The zero-order valence-corrected chi connectivity index (χ0v) is 59.9. The Hall–Kier alpha value is -8.18. The Bertz CT molecular complexity index is 4590. The van der Waals surface area contributed by atoms with Crippen molar-refractivity contribution in [2.45, 2.75) is 109 Å². The van der Waals surface area contributed by atoms with Crippen LogP contribution in [0.3, 0.4) is 0 Å². The molecule has 7 aliphatic rings. The van der Waals surface area contributed by atoms with Gasteiger partial charge in [-0.05, 0) is 112 Å². The molecule has 0 spiro atoms. The Morgan fingerprint density at radius 1 is 0.638 bits per heavy atom. The van der Waals surface area contributed by atoms with Gasteiger partial charge in [0.05, 0.1) is 135 Å². The largest absolute Gasteiger partial charge is 0.481 e. The maximum absolute atomic E-state index is 15.1. The van der Waals surface area contributed by atoms with Crippen molar-refractivity contribution in [3.8, 4) is 51.4 Å². The smallest absolute Gasteiger partial charge is 0.309 e. The number of fused-ring (bicyclic) bond motifs is 4. The fourth-order valence-electron chi connectivity index (χ4n) is 14.6. The number of H-pyrrole nitrogens is 3. The van der Waals surface area contributed by atoms with E-state index in [2.05, 4.69) is 49.1 Å². The molecule has 16 rings (SSSR count). The Kier molecular flexibility index (Phi) is 23.0. The summed E-state index contributed by atoms with van der Waals surface area (Å²) in [5, 5.41) is 39.2. The minimum absolute atomic E-state index is 0. The van der Waals surface area contributed by atoms with Gasteiger partial charge in [0.1, 0.15) is 48.3 Å². The Balaban J connectivity index is 0.000000140. The zero-order valence-electron chi connectivity index (χ0n) is 57.7. The fraction of sp³-hybridized carbons (Fsp3) is 0.442. The van der Waals surface area contributed by atoms with E-state index in [4.69, 9.17) is 87.8 Å². The van der Waals surface area contributed by atoms with Crippen molar-refractivity contribution in [3.05, 3.63) is 135 Å². The van der Waals surface area contributed by atoms with E-state index in [-0.39, 0.29) is 73.7 Å². The van der Waals surface area contributed by atoms with Crippen LogP contribution in [0.1, 0.15) is 72.3 Å². The summed E-state index contributed by atoms with van der Waals surface area (Å²) in [4.78, 5) is 52.7. The molecular weight excluding hydrogens is 1420 g/mol. The monoisotopic (exact) mass is 1500 g/mol. The second-order valence-corrected chi connectivity index (χ2v) is 29.1. The number of aromatic amines is 3. The number of nitrogens with zero attached hydrogens (tertiary/aromatic N) is 6. The predicted octanol–water partition coefficient (Wildman–Crippen LogP) is 12.7. The number of hydrogen-bond donors (Lipinski definition) is 7. The molecule has 6 fully saturated rings. The van der Waals surface area contributed by atoms with Gasteiger partial charge in [0.2, 0.25) is 5.91 Å². The van der Waals surface area contributed by atoms with Crippen LogP contribution in [0.4, 0.5) is 20.2 Å². The van der Waals surface area contributed by atoms with Crippen molar-refractivity contribution in [1.82, 2.24) is 34.8 Å². The molecule has 0 unspecified atom stereocenters. The van der Waals surface area contributed by atoms with E-state index >= 15 is 8.78 Å². The summed E-state index contributed by atoms with van der Waals surface area (Å²) < 4.78 is 76.1. The molecule has 23 nitrogen and oxygen atoms in total. The van der Waals surface area contributed by atoms with Gasteiger partial charge in [0.25, 0.3) is 0 Å². The number of anilines is 2. The first kappa shape index (κ1) is 75.1. The van der Waals surface area contributed by atoms with Crippen LogP contribution < -0.4 is 24.0 Å². The highest BCUT2D eigenvalue weighted by atomic mass is 35.5. The number of amides is 1.